The van der Waals surface area contributed by atoms with Crippen LogP contribution in [0, 0.1) is 6.92 Å². The first-order chi connectivity index (χ1) is 15.7. The molecule has 8 heteroatoms. The summed E-state index contributed by atoms with van der Waals surface area (Å²) >= 11 is 0. The second-order valence-electron chi connectivity index (χ2n) is 7.41. The molecule has 0 aliphatic carbocycles. The lowest BCUT2D eigenvalue weighted by atomic mass is 10.0. The van der Waals surface area contributed by atoms with Crippen molar-refractivity contribution in [2.75, 3.05) is 12.1 Å². The lowest BCUT2D eigenvalue weighted by Gasteiger charge is -2.10. The lowest BCUT2D eigenvalue weighted by molar-refractivity contribution is 0.174. The molecule has 0 unspecified atom stereocenters. The number of aromatic nitrogens is 5. The van der Waals surface area contributed by atoms with Gasteiger partial charge in [-0.3, -0.25) is 0 Å². The summed E-state index contributed by atoms with van der Waals surface area (Å²) in [6, 6.07) is 19.8. The van der Waals surface area contributed by atoms with Crippen LogP contribution in [0.25, 0.3) is 27.7 Å². The Morgan fingerprint density at radius 2 is 1.81 bits per heavy atom. The van der Waals surface area contributed by atoms with Crippen LogP contribution in [0.2, 0.25) is 0 Å². The van der Waals surface area contributed by atoms with Gasteiger partial charge in [0.2, 0.25) is 12.7 Å². The molecule has 156 valence electrons. The second-order valence-corrected chi connectivity index (χ2v) is 7.41. The average molecular weight is 422 g/mol. The molecule has 0 saturated heterocycles. The van der Waals surface area contributed by atoms with Gasteiger partial charge in [0.1, 0.15) is 12.2 Å². The summed E-state index contributed by atoms with van der Waals surface area (Å²) in [6.07, 6.45) is 3.52. The van der Waals surface area contributed by atoms with E-state index >= 15 is 0 Å². The number of para-hydroxylation sites is 1. The molecule has 0 spiro atoms. The van der Waals surface area contributed by atoms with Crippen LogP contribution in [-0.2, 0) is 0 Å². The van der Waals surface area contributed by atoms with Gasteiger partial charge in [-0.15, -0.1) is 0 Å². The number of aryl methyl sites for hydroxylation is 1. The van der Waals surface area contributed by atoms with Crippen LogP contribution < -0.4 is 14.8 Å². The fraction of sp³-hybridized carbons (Fsp3) is 0.0833. The second kappa shape index (κ2) is 7.35. The van der Waals surface area contributed by atoms with Gasteiger partial charge in [0.25, 0.3) is 0 Å². The number of nitrogens with zero attached hydrogens (tertiary/aromatic N) is 5. The molecule has 6 rings (SSSR count). The molecule has 1 aliphatic heterocycles. The topological polar surface area (TPSA) is 87.0 Å². The number of ether oxygens (including phenoxy) is 2. The molecule has 5 aromatic rings. The first-order valence-corrected chi connectivity index (χ1v) is 10.1. The quantitative estimate of drug-likeness (QED) is 0.451. The maximum atomic E-state index is 5.54. The Hall–Kier alpha value is -4.46. The first kappa shape index (κ1) is 18.3. The van der Waals surface area contributed by atoms with Crippen LogP contribution in [0.3, 0.4) is 0 Å². The summed E-state index contributed by atoms with van der Waals surface area (Å²) in [6.45, 7) is 2.11. The molecule has 0 fully saturated rings. The van der Waals surface area contributed by atoms with Gasteiger partial charge in [0, 0.05) is 22.8 Å². The van der Waals surface area contributed by atoms with Crippen LogP contribution >= 0.6 is 0 Å². The molecule has 1 N–H and O–H groups in total. The number of hydrogen-bond donors (Lipinski definition) is 1. The number of fused-ring (bicyclic) bond motifs is 2. The third-order valence-electron chi connectivity index (χ3n) is 5.29. The highest BCUT2D eigenvalue weighted by Crippen LogP contribution is 2.37. The van der Waals surface area contributed by atoms with E-state index in [0.29, 0.717) is 5.95 Å². The number of anilines is 2. The van der Waals surface area contributed by atoms with Crippen molar-refractivity contribution >= 4 is 22.5 Å². The predicted molar refractivity (Wildman–Crippen MR) is 120 cm³/mol. The van der Waals surface area contributed by atoms with E-state index < -0.39 is 0 Å². The monoisotopic (exact) mass is 422 g/mol. The van der Waals surface area contributed by atoms with Gasteiger partial charge < -0.3 is 14.8 Å². The van der Waals surface area contributed by atoms with Crippen LogP contribution in [0.15, 0.2) is 73.2 Å². The molecule has 0 amide bonds. The lowest BCUT2D eigenvalue weighted by Crippen LogP contribution is -1.99. The largest absolute Gasteiger partial charge is 0.454 e. The van der Waals surface area contributed by atoms with Gasteiger partial charge in [-0.2, -0.15) is 5.10 Å². The summed E-state index contributed by atoms with van der Waals surface area (Å²) < 4.78 is 12.7. The van der Waals surface area contributed by atoms with E-state index in [-0.39, 0.29) is 6.79 Å². The zero-order valence-corrected chi connectivity index (χ0v) is 17.2. The third kappa shape index (κ3) is 3.27. The van der Waals surface area contributed by atoms with E-state index in [1.54, 1.807) is 11.0 Å². The number of benzene rings is 3. The Balaban J connectivity index is 1.32. The van der Waals surface area contributed by atoms with Crippen molar-refractivity contribution in [3.05, 3.63) is 79.0 Å². The van der Waals surface area contributed by atoms with Crippen LogP contribution in [-0.4, -0.2) is 31.5 Å². The molecular weight excluding hydrogens is 404 g/mol. The normalized spacial score (nSPS) is 12.3. The Kier molecular flexibility index (Phi) is 4.21. The maximum absolute atomic E-state index is 5.54. The summed E-state index contributed by atoms with van der Waals surface area (Å²) in [5.41, 5.74) is 4.69. The molecule has 0 saturated carbocycles. The van der Waals surface area contributed by atoms with E-state index in [1.165, 1.54) is 0 Å². The Labute approximate surface area is 183 Å². The zero-order valence-electron chi connectivity index (χ0n) is 17.2. The van der Waals surface area contributed by atoms with Gasteiger partial charge in [0.05, 0.1) is 11.2 Å². The van der Waals surface area contributed by atoms with E-state index in [2.05, 4.69) is 20.4 Å². The molecule has 32 heavy (non-hydrogen) atoms. The molecule has 2 aromatic heterocycles. The van der Waals surface area contributed by atoms with Gasteiger partial charge in [-0.1, -0.05) is 24.3 Å². The minimum Gasteiger partial charge on any atom is -0.454 e. The number of nitrogens with one attached hydrogen (secondary N) is 1. The van der Waals surface area contributed by atoms with Gasteiger partial charge in [-0.05, 0) is 48.9 Å². The fourth-order valence-electron chi connectivity index (χ4n) is 3.71. The van der Waals surface area contributed by atoms with Gasteiger partial charge in [-0.25, -0.2) is 19.6 Å². The SMILES string of the molecule is Cc1ncn(-c2ccc(Nc3ncc4cccc(-c5ccc6c(c5)OCO6)c4n3)cc2)n1. The number of rotatable bonds is 4. The van der Waals surface area contributed by atoms with E-state index in [4.69, 9.17) is 14.5 Å². The summed E-state index contributed by atoms with van der Waals surface area (Å²) in [5.74, 6) is 2.76. The van der Waals surface area contributed by atoms with Gasteiger partial charge in [0.15, 0.2) is 11.5 Å². The predicted octanol–water partition coefficient (Wildman–Crippen LogP) is 4.66. The first-order valence-electron chi connectivity index (χ1n) is 10.1. The highest BCUT2D eigenvalue weighted by Gasteiger charge is 2.15. The average Bonchev–Trinajstić information content (AvgIpc) is 3.47. The summed E-state index contributed by atoms with van der Waals surface area (Å²) in [4.78, 5) is 13.5. The standard InChI is InChI=1S/C24H18N6O2/c1-15-26-13-30(29-15)19-8-6-18(7-9-19)27-24-25-12-17-3-2-4-20(23(17)28-24)16-5-10-21-22(11-16)32-14-31-21/h2-13H,14H2,1H3,(H,25,27,28). The highest BCUT2D eigenvalue weighted by atomic mass is 16.7. The zero-order chi connectivity index (χ0) is 21.5. The van der Waals surface area contributed by atoms with Crippen molar-refractivity contribution in [1.82, 2.24) is 24.7 Å². The molecule has 0 bridgehead atoms. The Bertz CT molecular complexity index is 1450. The van der Waals surface area contributed by atoms with E-state index in [0.717, 1.165) is 50.7 Å². The van der Waals surface area contributed by atoms with E-state index in [1.807, 2.05) is 73.8 Å². The van der Waals surface area contributed by atoms with Crippen molar-refractivity contribution in [1.29, 1.82) is 0 Å². The smallest absolute Gasteiger partial charge is 0.231 e. The van der Waals surface area contributed by atoms with E-state index in [9.17, 15) is 0 Å². The fourth-order valence-corrected chi connectivity index (χ4v) is 3.71. The molecule has 8 nitrogen and oxygen atoms in total. The minimum atomic E-state index is 0.250. The Morgan fingerprint density at radius 1 is 0.938 bits per heavy atom. The molecule has 1 aliphatic rings. The molecule has 0 atom stereocenters. The number of hydrogen-bond acceptors (Lipinski definition) is 7. The van der Waals surface area contributed by atoms with Crippen LogP contribution in [0.4, 0.5) is 11.6 Å². The van der Waals surface area contributed by atoms with Crippen LogP contribution in [0.1, 0.15) is 5.82 Å². The van der Waals surface area contributed by atoms with Gasteiger partial charge >= 0.3 is 0 Å². The summed E-state index contributed by atoms with van der Waals surface area (Å²) in [7, 11) is 0. The van der Waals surface area contributed by atoms with Crippen LogP contribution in [0.5, 0.6) is 11.5 Å². The highest BCUT2D eigenvalue weighted by molar-refractivity contribution is 5.94. The van der Waals surface area contributed by atoms with Crippen molar-refractivity contribution in [2.24, 2.45) is 0 Å². The summed E-state index contributed by atoms with van der Waals surface area (Å²) in [5, 5.41) is 8.58. The molecule has 3 aromatic carbocycles. The molecule has 3 heterocycles. The van der Waals surface area contributed by atoms with Crippen molar-refractivity contribution in [3.8, 4) is 28.3 Å². The molecular formula is C24H18N6O2. The van der Waals surface area contributed by atoms with Crippen molar-refractivity contribution in [3.63, 3.8) is 0 Å². The molecule has 0 radical (unpaired) electrons. The maximum Gasteiger partial charge on any atom is 0.231 e. The third-order valence-corrected chi connectivity index (χ3v) is 5.29. The van der Waals surface area contributed by atoms with Crippen molar-refractivity contribution < 1.29 is 9.47 Å². The Morgan fingerprint density at radius 3 is 2.66 bits per heavy atom. The minimum absolute atomic E-state index is 0.250. The van der Waals surface area contributed by atoms with Crippen molar-refractivity contribution in [2.45, 2.75) is 6.92 Å².